The Bertz CT molecular complexity index is 131. The summed E-state index contributed by atoms with van der Waals surface area (Å²) < 4.78 is 0. The molecule has 0 spiro atoms. The molecule has 0 fully saturated rings. The van der Waals surface area contributed by atoms with Crippen molar-refractivity contribution in [3.05, 3.63) is 25.3 Å². The molecule has 0 aromatic heterocycles. The molecular formula is C12H24Ge. The van der Waals surface area contributed by atoms with Crippen molar-refractivity contribution in [2.75, 3.05) is 0 Å². The van der Waals surface area contributed by atoms with Crippen LogP contribution in [0.5, 0.6) is 0 Å². The second kappa shape index (κ2) is 7.43. The average molecular weight is 241 g/mol. The van der Waals surface area contributed by atoms with Crippen LogP contribution in [0.2, 0.25) is 21.0 Å². The van der Waals surface area contributed by atoms with Gasteiger partial charge in [0.2, 0.25) is 0 Å². The van der Waals surface area contributed by atoms with Crippen LogP contribution in [0.25, 0.3) is 0 Å². The molecule has 0 aromatic carbocycles. The molecule has 0 aromatic rings. The van der Waals surface area contributed by atoms with Gasteiger partial charge in [-0.3, -0.25) is 0 Å². The van der Waals surface area contributed by atoms with Crippen molar-refractivity contribution in [1.82, 2.24) is 0 Å². The third kappa shape index (κ3) is 4.70. The van der Waals surface area contributed by atoms with E-state index in [-0.39, 0.29) is 0 Å². The van der Waals surface area contributed by atoms with Gasteiger partial charge in [-0.05, 0) is 0 Å². The Morgan fingerprint density at radius 2 is 1.31 bits per heavy atom. The molecule has 76 valence electrons. The first-order chi connectivity index (χ1) is 6.24. The van der Waals surface area contributed by atoms with Crippen LogP contribution in [0.3, 0.4) is 0 Å². The Morgan fingerprint density at radius 1 is 0.923 bits per heavy atom. The van der Waals surface area contributed by atoms with Crippen LogP contribution >= 0.6 is 0 Å². The van der Waals surface area contributed by atoms with Gasteiger partial charge in [0.1, 0.15) is 0 Å². The summed E-state index contributed by atoms with van der Waals surface area (Å²) in [5.74, 6) is 0. The maximum absolute atomic E-state index is 3.82. The molecule has 0 unspecified atom stereocenters. The Kier molecular flexibility index (Phi) is 7.44. The van der Waals surface area contributed by atoms with E-state index in [1.54, 1.807) is 0 Å². The zero-order valence-electron chi connectivity index (χ0n) is 9.31. The van der Waals surface area contributed by atoms with Crippen molar-refractivity contribution in [1.29, 1.82) is 0 Å². The monoisotopic (exact) mass is 242 g/mol. The fraction of sp³-hybridized carbons (Fsp3) is 0.667. The summed E-state index contributed by atoms with van der Waals surface area (Å²) in [6.07, 6.45) is 6.64. The maximum atomic E-state index is 3.82. The zero-order valence-corrected chi connectivity index (χ0v) is 11.4. The van der Waals surface area contributed by atoms with Gasteiger partial charge in [0, 0.05) is 0 Å². The number of hydrogen-bond acceptors (Lipinski definition) is 0. The second-order valence-corrected chi connectivity index (χ2v) is 15.2. The van der Waals surface area contributed by atoms with Crippen LogP contribution in [0, 0.1) is 0 Å². The van der Waals surface area contributed by atoms with Crippen LogP contribution in [0.1, 0.15) is 26.7 Å². The minimum atomic E-state index is -1.44. The molecule has 0 aliphatic rings. The molecular weight excluding hydrogens is 217 g/mol. The van der Waals surface area contributed by atoms with Gasteiger partial charge in [-0.25, -0.2) is 0 Å². The van der Waals surface area contributed by atoms with Crippen molar-refractivity contribution in [3.8, 4) is 0 Å². The predicted octanol–water partition coefficient (Wildman–Crippen LogP) is 4.63. The molecule has 0 radical (unpaired) electrons. The van der Waals surface area contributed by atoms with E-state index >= 15 is 0 Å². The van der Waals surface area contributed by atoms with Gasteiger partial charge in [-0.15, -0.1) is 0 Å². The third-order valence-corrected chi connectivity index (χ3v) is 15.2. The van der Waals surface area contributed by atoms with E-state index < -0.39 is 13.3 Å². The minimum absolute atomic E-state index is 1.23. The first-order valence-corrected chi connectivity index (χ1v) is 11.4. The van der Waals surface area contributed by atoms with Crippen LogP contribution in [-0.4, -0.2) is 13.3 Å². The van der Waals surface area contributed by atoms with E-state index in [0.717, 1.165) is 0 Å². The molecule has 0 bridgehead atoms. The van der Waals surface area contributed by atoms with Gasteiger partial charge < -0.3 is 0 Å². The van der Waals surface area contributed by atoms with Gasteiger partial charge in [0.25, 0.3) is 0 Å². The van der Waals surface area contributed by atoms with Crippen LogP contribution in [0.4, 0.5) is 0 Å². The normalized spacial score (nSPS) is 11.2. The van der Waals surface area contributed by atoms with E-state index in [9.17, 15) is 0 Å². The topological polar surface area (TPSA) is 0 Å². The average Bonchev–Trinajstić information content (AvgIpc) is 2.20. The number of allylic oxidation sites excluding steroid dienone is 2. The van der Waals surface area contributed by atoms with Crippen molar-refractivity contribution in [3.63, 3.8) is 0 Å². The van der Waals surface area contributed by atoms with Gasteiger partial charge in [0.15, 0.2) is 0 Å². The second-order valence-electron chi connectivity index (χ2n) is 3.86. The summed E-state index contributed by atoms with van der Waals surface area (Å²) in [6, 6.07) is 0. The third-order valence-electron chi connectivity index (χ3n) is 3.26. The van der Waals surface area contributed by atoms with Crippen molar-refractivity contribution < 1.29 is 0 Å². The number of rotatable bonds is 8. The first kappa shape index (κ1) is 13.0. The molecule has 0 aliphatic carbocycles. The summed E-state index contributed by atoms with van der Waals surface area (Å²) >= 11 is -1.44. The Labute approximate surface area is 86.5 Å². The Balaban J connectivity index is 4.11. The fourth-order valence-corrected chi connectivity index (χ4v) is 9.87. The molecule has 13 heavy (non-hydrogen) atoms. The molecule has 0 heterocycles. The summed E-state index contributed by atoms with van der Waals surface area (Å²) in [7, 11) is 0. The molecule has 0 N–H and O–H groups in total. The van der Waals surface area contributed by atoms with Crippen LogP contribution in [-0.2, 0) is 0 Å². The van der Waals surface area contributed by atoms with E-state index in [1.807, 2.05) is 0 Å². The van der Waals surface area contributed by atoms with Crippen LogP contribution in [0.15, 0.2) is 25.3 Å². The van der Waals surface area contributed by atoms with Crippen molar-refractivity contribution >= 4 is 13.3 Å². The summed E-state index contributed by atoms with van der Waals surface area (Å²) in [4.78, 5) is 0. The Morgan fingerprint density at radius 3 is 1.54 bits per heavy atom. The van der Waals surface area contributed by atoms with Crippen molar-refractivity contribution in [2.24, 2.45) is 0 Å². The van der Waals surface area contributed by atoms with E-state index in [4.69, 9.17) is 0 Å². The van der Waals surface area contributed by atoms with Gasteiger partial charge in [-0.1, -0.05) is 0 Å². The van der Waals surface area contributed by atoms with E-state index in [2.05, 4.69) is 39.2 Å². The molecule has 0 aliphatic heterocycles. The quantitative estimate of drug-likeness (QED) is 0.429. The molecule has 1 heteroatoms. The predicted molar refractivity (Wildman–Crippen MR) is 66.0 cm³/mol. The molecule has 0 saturated heterocycles. The first-order valence-electron chi connectivity index (χ1n) is 5.46. The van der Waals surface area contributed by atoms with E-state index in [0.29, 0.717) is 0 Å². The standard InChI is InChI=1S/C12H24Ge/c1-5-9-11-13(7-3,8-4)12-10-6-2/h5-6H,1-2,7-12H2,3-4H3. The van der Waals surface area contributed by atoms with Crippen molar-refractivity contribution in [2.45, 2.75) is 47.7 Å². The summed E-state index contributed by atoms with van der Waals surface area (Å²) in [5.41, 5.74) is 0. The van der Waals surface area contributed by atoms with Gasteiger partial charge in [-0.2, -0.15) is 0 Å². The molecule has 0 amide bonds. The van der Waals surface area contributed by atoms with Gasteiger partial charge >= 0.3 is 86.3 Å². The van der Waals surface area contributed by atoms with Crippen LogP contribution < -0.4 is 0 Å². The SMILES string of the molecule is C=CC[CH2][Ge]([CH2]C)([CH2]C)[CH2]CC=C. The van der Waals surface area contributed by atoms with Gasteiger partial charge in [0.05, 0.1) is 0 Å². The molecule has 0 nitrogen and oxygen atoms in total. The molecule has 0 rings (SSSR count). The number of hydrogen-bond donors (Lipinski definition) is 0. The summed E-state index contributed by atoms with van der Waals surface area (Å²) in [6.45, 7) is 12.4. The van der Waals surface area contributed by atoms with E-state index in [1.165, 1.54) is 33.9 Å². The summed E-state index contributed by atoms with van der Waals surface area (Å²) in [5, 5.41) is 5.89. The molecule has 0 atom stereocenters. The zero-order chi connectivity index (χ0) is 10.2. The fourth-order valence-electron chi connectivity index (χ4n) is 1.90. The molecule has 0 saturated carbocycles. The Hall–Kier alpha value is 0.0229.